The average molecular weight is 329 g/mol. The normalized spacial score (nSPS) is 33.0. The fourth-order valence-electron chi connectivity index (χ4n) is 2.69. The number of hydrogen-bond donors (Lipinski definition) is 1. The van der Waals surface area contributed by atoms with Gasteiger partial charge in [0.2, 0.25) is 5.89 Å². The Kier molecular flexibility index (Phi) is 5.14. The topological polar surface area (TPSA) is 54.2 Å². The zero-order chi connectivity index (χ0) is 14.8. The molecule has 2 aliphatic rings. The van der Waals surface area contributed by atoms with Gasteiger partial charge in [0.05, 0.1) is 11.3 Å². The van der Waals surface area contributed by atoms with Crippen LogP contribution in [0.25, 0.3) is 0 Å². The van der Waals surface area contributed by atoms with Crippen LogP contribution in [-0.2, 0) is 0 Å². The quantitative estimate of drug-likeness (QED) is 0.914. The Balaban J connectivity index is 1.65. The molecule has 0 bridgehead atoms. The van der Waals surface area contributed by atoms with Crippen LogP contribution >= 0.6 is 23.5 Å². The maximum Gasteiger partial charge on any atom is 0.243 e. The monoisotopic (exact) mass is 328 g/mol. The Hall–Kier alpha value is -0.240. The summed E-state index contributed by atoms with van der Waals surface area (Å²) in [5.74, 6) is 2.73. The molecule has 1 aromatic rings. The molecule has 1 N–H and O–H groups in total. The van der Waals surface area contributed by atoms with Crippen molar-refractivity contribution in [3.8, 4) is 0 Å². The molecule has 5 nitrogen and oxygen atoms in total. The molecule has 7 heteroatoms. The van der Waals surface area contributed by atoms with Crippen LogP contribution in [0, 0.1) is 0 Å². The van der Waals surface area contributed by atoms with E-state index in [1.54, 1.807) is 0 Å². The molecular formula is C14H24N4OS2. The first-order valence-electron chi connectivity index (χ1n) is 7.70. The van der Waals surface area contributed by atoms with Gasteiger partial charge in [-0.3, -0.25) is 4.90 Å². The lowest BCUT2D eigenvalue weighted by Gasteiger charge is -2.30. The maximum atomic E-state index is 5.55. The zero-order valence-electron chi connectivity index (χ0n) is 12.9. The molecule has 0 aromatic carbocycles. The van der Waals surface area contributed by atoms with Gasteiger partial charge in [-0.15, -0.1) is 11.8 Å². The van der Waals surface area contributed by atoms with Crippen LogP contribution in [0.1, 0.15) is 43.8 Å². The molecule has 3 heterocycles. The highest BCUT2D eigenvalue weighted by molar-refractivity contribution is 8.07. The third-order valence-electron chi connectivity index (χ3n) is 4.35. The van der Waals surface area contributed by atoms with E-state index in [4.69, 9.17) is 9.51 Å². The van der Waals surface area contributed by atoms with Gasteiger partial charge in [0.25, 0.3) is 0 Å². The first kappa shape index (κ1) is 15.6. The van der Waals surface area contributed by atoms with Gasteiger partial charge in [0, 0.05) is 42.4 Å². The van der Waals surface area contributed by atoms with Crippen LogP contribution in [0.3, 0.4) is 0 Å². The van der Waals surface area contributed by atoms with E-state index in [9.17, 15) is 0 Å². The number of rotatable bonds is 3. The summed E-state index contributed by atoms with van der Waals surface area (Å²) in [4.78, 5) is 7.10. The number of thioether (sulfide) groups is 2. The standard InChI is InChI=1S/C14H24N4OS2/c1-9(18-6-4-15-5-7-18)14-16-13(17-19-14)12-8-20-10(2)11(3)21-12/h9-12,15H,4-8H2,1-3H3. The van der Waals surface area contributed by atoms with Gasteiger partial charge in [0.15, 0.2) is 5.82 Å². The van der Waals surface area contributed by atoms with Crippen LogP contribution in [0.2, 0.25) is 0 Å². The number of piperazine rings is 1. The van der Waals surface area contributed by atoms with Gasteiger partial charge >= 0.3 is 0 Å². The van der Waals surface area contributed by atoms with Crippen molar-refractivity contribution in [2.45, 2.75) is 42.6 Å². The Morgan fingerprint density at radius 3 is 2.76 bits per heavy atom. The summed E-state index contributed by atoms with van der Waals surface area (Å²) in [6.45, 7) is 10.9. The van der Waals surface area contributed by atoms with Gasteiger partial charge < -0.3 is 9.84 Å². The Bertz CT molecular complexity index is 447. The third-order valence-corrected chi connectivity index (χ3v) is 7.74. The molecule has 4 atom stereocenters. The van der Waals surface area contributed by atoms with Crippen molar-refractivity contribution in [2.24, 2.45) is 0 Å². The van der Waals surface area contributed by atoms with E-state index < -0.39 is 0 Å². The van der Waals surface area contributed by atoms with E-state index >= 15 is 0 Å². The van der Waals surface area contributed by atoms with Crippen LogP contribution in [0.4, 0.5) is 0 Å². The minimum absolute atomic E-state index is 0.214. The van der Waals surface area contributed by atoms with E-state index in [0.29, 0.717) is 15.7 Å². The molecule has 118 valence electrons. The molecule has 0 spiro atoms. The highest BCUT2D eigenvalue weighted by Crippen LogP contribution is 2.43. The van der Waals surface area contributed by atoms with Gasteiger partial charge in [0.1, 0.15) is 0 Å². The molecule has 2 aliphatic heterocycles. The SMILES string of the molecule is CC1SCC(c2noc(C(C)N3CCNCC3)n2)SC1C. The van der Waals surface area contributed by atoms with E-state index in [-0.39, 0.29) is 6.04 Å². The lowest BCUT2D eigenvalue weighted by molar-refractivity contribution is 0.154. The molecule has 0 saturated carbocycles. The van der Waals surface area contributed by atoms with E-state index in [2.05, 4.69) is 36.1 Å². The molecule has 3 rings (SSSR count). The zero-order valence-corrected chi connectivity index (χ0v) is 14.5. The van der Waals surface area contributed by atoms with Gasteiger partial charge in [-0.25, -0.2) is 0 Å². The largest absolute Gasteiger partial charge is 0.338 e. The predicted octanol–water partition coefficient (Wildman–Crippen LogP) is 2.33. The summed E-state index contributed by atoms with van der Waals surface area (Å²) >= 11 is 3.99. The van der Waals surface area contributed by atoms with Crippen molar-refractivity contribution in [1.82, 2.24) is 20.4 Å². The second-order valence-electron chi connectivity index (χ2n) is 5.82. The summed E-state index contributed by atoms with van der Waals surface area (Å²) in [6.07, 6.45) is 0. The van der Waals surface area contributed by atoms with Crippen molar-refractivity contribution < 1.29 is 4.52 Å². The van der Waals surface area contributed by atoms with E-state index in [0.717, 1.165) is 43.6 Å². The van der Waals surface area contributed by atoms with Crippen LogP contribution in [-0.4, -0.2) is 57.5 Å². The lowest BCUT2D eigenvalue weighted by Crippen LogP contribution is -2.44. The van der Waals surface area contributed by atoms with Crippen LogP contribution in [0.15, 0.2) is 4.52 Å². The van der Waals surface area contributed by atoms with E-state index in [1.165, 1.54) is 0 Å². The molecule has 1 aromatic heterocycles. The molecule has 0 radical (unpaired) electrons. The van der Waals surface area contributed by atoms with Gasteiger partial charge in [-0.1, -0.05) is 19.0 Å². The number of hydrogen-bond acceptors (Lipinski definition) is 7. The Morgan fingerprint density at radius 2 is 2.05 bits per heavy atom. The van der Waals surface area contributed by atoms with Crippen LogP contribution < -0.4 is 5.32 Å². The molecule has 0 amide bonds. The summed E-state index contributed by atoms with van der Waals surface area (Å²) in [7, 11) is 0. The second-order valence-corrected chi connectivity index (χ2v) is 8.82. The smallest absolute Gasteiger partial charge is 0.243 e. The van der Waals surface area contributed by atoms with Crippen molar-refractivity contribution in [2.75, 3.05) is 31.9 Å². The van der Waals surface area contributed by atoms with Crippen molar-refractivity contribution in [3.05, 3.63) is 11.7 Å². The fraction of sp³-hybridized carbons (Fsp3) is 0.857. The second kappa shape index (κ2) is 6.89. The fourth-order valence-corrected chi connectivity index (χ4v) is 5.53. The Morgan fingerprint density at radius 1 is 1.29 bits per heavy atom. The van der Waals surface area contributed by atoms with Crippen LogP contribution in [0.5, 0.6) is 0 Å². The first-order chi connectivity index (χ1) is 10.1. The molecule has 0 aliphatic carbocycles. The van der Waals surface area contributed by atoms with E-state index in [1.807, 2.05) is 23.5 Å². The van der Waals surface area contributed by atoms with Crippen molar-refractivity contribution in [3.63, 3.8) is 0 Å². The molecule has 4 unspecified atom stereocenters. The minimum Gasteiger partial charge on any atom is -0.338 e. The molecular weight excluding hydrogens is 304 g/mol. The number of nitrogens with one attached hydrogen (secondary N) is 1. The average Bonchev–Trinajstić information content (AvgIpc) is 3.00. The van der Waals surface area contributed by atoms with Gasteiger partial charge in [-0.05, 0) is 6.92 Å². The summed E-state index contributed by atoms with van der Waals surface area (Å²) in [5, 5.41) is 9.34. The van der Waals surface area contributed by atoms with Crippen molar-refractivity contribution in [1.29, 1.82) is 0 Å². The minimum atomic E-state index is 0.214. The highest BCUT2D eigenvalue weighted by Gasteiger charge is 2.31. The molecule has 2 fully saturated rings. The summed E-state index contributed by atoms with van der Waals surface area (Å²) < 4.78 is 5.55. The third kappa shape index (κ3) is 3.57. The predicted molar refractivity (Wildman–Crippen MR) is 88.9 cm³/mol. The number of aromatic nitrogens is 2. The summed E-state index contributed by atoms with van der Waals surface area (Å²) in [5.41, 5.74) is 0. The number of nitrogens with zero attached hydrogens (tertiary/aromatic N) is 3. The Labute approximate surface area is 135 Å². The summed E-state index contributed by atoms with van der Waals surface area (Å²) in [6, 6.07) is 0.214. The van der Waals surface area contributed by atoms with Gasteiger partial charge in [-0.2, -0.15) is 16.7 Å². The lowest BCUT2D eigenvalue weighted by atomic mass is 10.2. The molecule has 21 heavy (non-hydrogen) atoms. The molecule has 2 saturated heterocycles. The first-order valence-corrected chi connectivity index (χ1v) is 9.69. The highest BCUT2D eigenvalue weighted by atomic mass is 32.2. The van der Waals surface area contributed by atoms with Crippen molar-refractivity contribution >= 4 is 23.5 Å². The maximum absolute atomic E-state index is 5.55.